The van der Waals surface area contributed by atoms with Crippen LogP contribution in [0.4, 0.5) is 22.4 Å². The number of alkyl halides is 3. The molecule has 2 N–H and O–H groups in total. The molecule has 1 unspecified atom stereocenters. The molecule has 0 aliphatic rings. The average molecular weight is 430 g/mol. The number of benzene rings is 1. The average Bonchev–Trinajstić information content (AvgIpc) is 2.63. The molecular weight excluding hydrogens is 408 g/mol. The quantitative estimate of drug-likeness (QED) is 0.525. The Hall–Kier alpha value is -2.88. The topological polar surface area (TPSA) is 80.7 Å². The number of hydrogen-bond donors (Lipinski definition) is 2. The fourth-order valence-corrected chi connectivity index (χ4v) is 2.34. The summed E-state index contributed by atoms with van der Waals surface area (Å²) in [4.78, 5) is 15.5. The molecule has 0 fully saturated rings. The number of aliphatic hydroxyl groups is 1. The molecule has 0 bridgehead atoms. The van der Waals surface area contributed by atoms with Crippen LogP contribution in [0.25, 0.3) is 11.3 Å². The van der Waals surface area contributed by atoms with Crippen molar-refractivity contribution >= 4 is 6.09 Å². The Kier molecular flexibility index (Phi) is 7.25. The zero-order valence-electron chi connectivity index (χ0n) is 16.6. The summed E-state index contributed by atoms with van der Waals surface area (Å²) in [5, 5.41) is 12.0. The van der Waals surface area contributed by atoms with Gasteiger partial charge in [0.2, 0.25) is 0 Å². The molecule has 2 rings (SSSR count). The molecule has 1 atom stereocenters. The third-order valence-corrected chi connectivity index (χ3v) is 3.62. The molecule has 2 aromatic rings. The van der Waals surface area contributed by atoms with E-state index in [9.17, 15) is 27.5 Å². The predicted octanol–water partition coefficient (Wildman–Crippen LogP) is 4.39. The van der Waals surface area contributed by atoms with Gasteiger partial charge < -0.3 is 19.9 Å². The highest BCUT2D eigenvalue weighted by Crippen LogP contribution is 2.35. The van der Waals surface area contributed by atoms with E-state index in [4.69, 9.17) is 9.47 Å². The van der Waals surface area contributed by atoms with Crippen LogP contribution < -0.4 is 10.1 Å². The number of rotatable bonds is 6. The first kappa shape index (κ1) is 23.4. The lowest BCUT2D eigenvalue weighted by molar-refractivity contribution is -0.207. The van der Waals surface area contributed by atoms with E-state index in [2.05, 4.69) is 10.3 Å². The van der Waals surface area contributed by atoms with Crippen LogP contribution >= 0.6 is 0 Å². The number of hydrogen-bond acceptors (Lipinski definition) is 5. The molecule has 1 heterocycles. The number of aromatic nitrogens is 1. The first-order valence-corrected chi connectivity index (χ1v) is 8.98. The van der Waals surface area contributed by atoms with Crippen LogP contribution in [0.3, 0.4) is 0 Å². The van der Waals surface area contributed by atoms with Crippen molar-refractivity contribution in [2.24, 2.45) is 0 Å². The van der Waals surface area contributed by atoms with Gasteiger partial charge in [-0.3, -0.25) is 0 Å². The Morgan fingerprint density at radius 2 is 1.77 bits per heavy atom. The molecule has 1 aromatic heterocycles. The molecule has 10 heteroatoms. The molecule has 0 saturated carbocycles. The zero-order valence-corrected chi connectivity index (χ0v) is 16.6. The van der Waals surface area contributed by atoms with Crippen LogP contribution in [-0.4, -0.2) is 41.1 Å². The van der Waals surface area contributed by atoms with Crippen LogP contribution in [0.5, 0.6) is 5.75 Å². The Morgan fingerprint density at radius 3 is 2.33 bits per heavy atom. The lowest BCUT2D eigenvalue weighted by Gasteiger charge is -2.20. The number of halogens is 4. The highest BCUT2D eigenvalue weighted by atomic mass is 19.4. The van der Waals surface area contributed by atoms with Gasteiger partial charge in [-0.1, -0.05) is 0 Å². The lowest BCUT2D eigenvalue weighted by atomic mass is 10.1. The van der Waals surface area contributed by atoms with Gasteiger partial charge in [-0.2, -0.15) is 13.2 Å². The summed E-state index contributed by atoms with van der Waals surface area (Å²) in [5.74, 6) is -0.431. The van der Waals surface area contributed by atoms with E-state index in [1.807, 2.05) is 0 Å². The number of aliphatic hydroxyl groups excluding tert-OH is 1. The first-order valence-electron chi connectivity index (χ1n) is 8.98. The lowest BCUT2D eigenvalue weighted by Crippen LogP contribution is -2.34. The van der Waals surface area contributed by atoms with E-state index >= 15 is 0 Å². The standard InChI is InChI=1S/C20H22F4N2O4/c1-19(2,3)30-18(28)25-10-11-29-15-9-8-14(17(27)20(22,23)24)26-16(15)12-4-6-13(21)7-5-12/h4-9,17,27H,10-11H2,1-3H3,(H,25,28). The van der Waals surface area contributed by atoms with Crippen molar-refractivity contribution in [2.75, 3.05) is 13.2 Å². The summed E-state index contributed by atoms with van der Waals surface area (Å²) in [6.45, 7) is 5.16. The van der Waals surface area contributed by atoms with Crippen molar-refractivity contribution in [3.05, 3.63) is 47.9 Å². The van der Waals surface area contributed by atoms with E-state index in [-0.39, 0.29) is 24.6 Å². The van der Waals surface area contributed by atoms with Crippen LogP contribution in [0.1, 0.15) is 32.6 Å². The second kappa shape index (κ2) is 9.29. The van der Waals surface area contributed by atoms with Crippen molar-refractivity contribution in [1.29, 1.82) is 0 Å². The number of nitrogens with zero attached hydrogens (tertiary/aromatic N) is 1. The number of alkyl carbamates (subject to hydrolysis) is 1. The van der Waals surface area contributed by atoms with Crippen LogP contribution in [0, 0.1) is 5.82 Å². The van der Waals surface area contributed by atoms with Crippen LogP contribution in [-0.2, 0) is 4.74 Å². The molecule has 164 valence electrons. The molecule has 0 radical (unpaired) electrons. The monoisotopic (exact) mass is 430 g/mol. The Labute approximate surface area is 170 Å². The number of carbonyl (C=O) groups is 1. The minimum atomic E-state index is -4.90. The van der Waals surface area contributed by atoms with Gasteiger partial charge in [-0.15, -0.1) is 0 Å². The second-order valence-corrected chi connectivity index (χ2v) is 7.31. The number of pyridine rings is 1. The highest BCUT2D eigenvalue weighted by Gasteiger charge is 2.40. The Bertz CT molecular complexity index is 865. The SMILES string of the molecule is CC(C)(C)OC(=O)NCCOc1ccc(C(O)C(F)(F)F)nc1-c1ccc(F)cc1. The zero-order chi connectivity index (χ0) is 22.5. The molecule has 1 aromatic carbocycles. The maximum atomic E-state index is 13.2. The summed E-state index contributed by atoms with van der Waals surface area (Å²) >= 11 is 0. The highest BCUT2D eigenvalue weighted by molar-refractivity contribution is 5.68. The van der Waals surface area contributed by atoms with E-state index in [1.54, 1.807) is 20.8 Å². The fraction of sp³-hybridized carbons (Fsp3) is 0.400. The third kappa shape index (κ3) is 6.87. The minimum Gasteiger partial charge on any atom is -0.489 e. The molecule has 0 spiro atoms. The largest absolute Gasteiger partial charge is 0.489 e. The number of nitrogens with one attached hydrogen (secondary N) is 1. The van der Waals surface area contributed by atoms with Gasteiger partial charge in [0.1, 0.15) is 29.5 Å². The first-order chi connectivity index (χ1) is 13.9. The predicted molar refractivity (Wildman–Crippen MR) is 100 cm³/mol. The smallest absolute Gasteiger partial charge is 0.420 e. The number of carbonyl (C=O) groups excluding carboxylic acids is 1. The van der Waals surface area contributed by atoms with Gasteiger partial charge in [-0.25, -0.2) is 14.2 Å². The van der Waals surface area contributed by atoms with Gasteiger partial charge in [0.25, 0.3) is 0 Å². The maximum Gasteiger partial charge on any atom is 0.420 e. The molecular formula is C20H22F4N2O4. The van der Waals surface area contributed by atoms with Crippen molar-refractivity contribution in [2.45, 2.75) is 38.7 Å². The van der Waals surface area contributed by atoms with E-state index in [0.29, 0.717) is 5.56 Å². The summed E-state index contributed by atoms with van der Waals surface area (Å²) in [7, 11) is 0. The summed E-state index contributed by atoms with van der Waals surface area (Å²) < 4.78 is 62.4. The van der Waals surface area contributed by atoms with E-state index in [1.165, 1.54) is 18.2 Å². The van der Waals surface area contributed by atoms with Gasteiger partial charge in [0, 0.05) is 5.56 Å². The summed E-state index contributed by atoms with van der Waals surface area (Å²) in [6, 6.07) is 7.11. The van der Waals surface area contributed by atoms with Crippen molar-refractivity contribution < 1.29 is 36.9 Å². The molecule has 0 aliphatic heterocycles. The molecule has 0 saturated heterocycles. The van der Waals surface area contributed by atoms with Crippen LogP contribution in [0.15, 0.2) is 36.4 Å². The molecule has 6 nitrogen and oxygen atoms in total. The molecule has 30 heavy (non-hydrogen) atoms. The second-order valence-electron chi connectivity index (χ2n) is 7.31. The van der Waals surface area contributed by atoms with Gasteiger partial charge >= 0.3 is 12.3 Å². The van der Waals surface area contributed by atoms with Crippen molar-refractivity contribution in [3.63, 3.8) is 0 Å². The van der Waals surface area contributed by atoms with Gasteiger partial charge in [0.15, 0.2) is 6.10 Å². The Morgan fingerprint density at radius 1 is 1.13 bits per heavy atom. The van der Waals surface area contributed by atoms with Crippen molar-refractivity contribution in [3.8, 4) is 17.0 Å². The third-order valence-electron chi connectivity index (χ3n) is 3.62. The van der Waals surface area contributed by atoms with E-state index < -0.39 is 35.5 Å². The number of ether oxygens (including phenoxy) is 2. The van der Waals surface area contributed by atoms with Crippen molar-refractivity contribution in [1.82, 2.24) is 10.3 Å². The minimum absolute atomic E-state index is 0.00642. The van der Waals surface area contributed by atoms with E-state index in [0.717, 1.165) is 18.2 Å². The Balaban J connectivity index is 2.18. The molecule has 1 amide bonds. The molecule has 0 aliphatic carbocycles. The fourth-order valence-electron chi connectivity index (χ4n) is 2.34. The van der Waals surface area contributed by atoms with Crippen LogP contribution in [0.2, 0.25) is 0 Å². The summed E-state index contributed by atoms with van der Waals surface area (Å²) in [6.07, 6.45) is -8.32. The van der Waals surface area contributed by atoms with Gasteiger partial charge in [0.05, 0.1) is 12.2 Å². The maximum absolute atomic E-state index is 13.2. The summed E-state index contributed by atoms with van der Waals surface area (Å²) in [5.41, 5.74) is -1.00. The van der Waals surface area contributed by atoms with Gasteiger partial charge in [-0.05, 0) is 57.2 Å². The normalized spacial score (nSPS) is 12.9. The number of amides is 1.